The van der Waals surface area contributed by atoms with E-state index in [2.05, 4.69) is 83.6 Å². The molecular weight excluding hydrogens is 379 g/mol. The topological polar surface area (TPSA) is 0 Å². The Hall–Kier alpha value is -0.907. The molecule has 0 nitrogen and oxygen atoms in total. The van der Waals surface area contributed by atoms with Gasteiger partial charge in [0.05, 0.1) is 0 Å². The van der Waals surface area contributed by atoms with E-state index in [4.69, 9.17) is 0 Å². The smallest absolute Gasteiger partial charge is 0.147 e. The van der Waals surface area contributed by atoms with Crippen LogP contribution in [-0.4, -0.2) is 0 Å². The first-order valence-electron chi connectivity index (χ1n) is 8.33. The van der Waals surface area contributed by atoms with Crippen LogP contribution < -0.4 is 3.27 Å². The van der Waals surface area contributed by atoms with Crippen molar-refractivity contribution in [2.24, 2.45) is 0 Å². The largest absolute Gasteiger partial charge is 0.147 e. The molecule has 0 atom stereocenters. The van der Waals surface area contributed by atoms with E-state index in [1.807, 2.05) is 0 Å². The van der Waals surface area contributed by atoms with Gasteiger partial charge in [-0.3, -0.25) is 0 Å². The van der Waals surface area contributed by atoms with Crippen LogP contribution in [0.3, 0.4) is 0 Å². The molecule has 0 heterocycles. The van der Waals surface area contributed by atoms with Crippen LogP contribution in [0, 0.1) is 0 Å². The fourth-order valence-corrected chi connectivity index (χ4v) is 14.8. The minimum atomic E-state index is -2.87. The second-order valence-corrected chi connectivity index (χ2v) is 15.4. The maximum Gasteiger partial charge on any atom is -0.147 e. The summed E-state index contributed by atoms with van der Waals surface area (Å²) in [7, 11) is 0. The molecular formula is C21H25ClZr. The number of unbranched alkanes of at least 4 members (excludes halogenated alkanes) is 1. The van der Waals surface area contributed by atoms with E-state index < -0.39 is 20.3 Å². The number of hydrogen-bond donors (Lipinski definition) is 0. The van der Waals surface area contributed by atoms with Gasteiger partial charge in [-0.15, -0.1) is 12.4 Å². The van der Waals surface area contributed by atoms with E-state index in [-0.39, 0.29) is 12.4 Å². The monoisotopic (exact) mass is 402 g/mol. The molecule has 0 radical (unpaired) electrons. The molecule has 0 amide bonds. The van der Waals surface area contributed by atoms with E-state index in [1.54, 1.807) is 9.83 Å². The van der Waals surface area contributed by atoms with Crippen LogP contribution in [0.2, 0.25) is 0 Å². The maximum atomic E-state index is 2.66. The quantitative estimate of drug-likeness (QED) is 0.555. The number of halogens is 1. The Kier molecular flexibility index (Phi) is 7.06. The summed E-state index contributed by atoms with van der Waals surface area (Å²) in [4.78, 5) is 0. The van der Waals surface area contributed by atoms with Crippen molar-refractivity contribution in [2.45, 2.75) is 32.6 Å². The fourth-order valence-electron chi connectivity index (χ4n) is 3.49. The molecule has 1 aromatic carbocycles. The normalized spacial score (nSPS) is 16.6. The fraction of sp³-hybridized carbons (Fsp3) is 0.238. The molecule has 2 aliphatic rings. The van der Waals surface area contributed by atoms with Gasteiger partial charge < -0.3 is 0 Å². The zero-order valence-corrected chi connectivity index (χ0v) is 17.0. The van der Waals surface area contributed by atoms with Gasteiger partial charge in [0.1, 0.15) is 0 Å². The molecule has 2 aliphatic carbocycles. The third-order valence-electron chi connectivity index (χ3n) is 4.61. The van der Waals surface area contributed by atoms with E-state index in [9.17, 15) is 0 Å². The molecule has 0 saturated carbocycles. The average Bonchev–Trinajstić information content (AvgIpc) is 3.26. The van der Waals surface area contributed by atoms with Crippen molar-refractivity contribution >= 4 is 15.7 Å². The molecule has 0 fully saturated rings. The van der Waals surface area contributed by atoms with Crippen LogP contribution in [-0.2, 0) is 20.3 Å². The molecule has 3 rings (SSSR count). The minimum absolute atomic E-state index is 0. The van der Waals surface area contributed by atoms with Gasteiger partial charge in [-0.05, 0) is 0 Å². The summed E-state index contributed by atoms with van der Waals surface area (Å²) in [6, 6.07) is 11.3. The summed E-state index contributed by atoms with van der Waals surface area (Å²) in [5.41, 5.74) is 0. The molecule has 0 bridgehead atoms. The van der Waals surface area contributed by atoms with Gasteiger partial charge in [0, 0.05) is 0 Å². The minimum Gasteiger partial charge on any atom is -0.147 e. The summed E-state index contributed by atoms with van der Waals surface area (Å²) in [5.74, 6) is 0. The first kappa shape index (κ1) is 18.4. The molecule has 120 valence electrons. The third kappa shape index (κ3) is 3.78. The summed E-state index contributed by atoms with van der Waals surface area (Å²) in [6.45, 7) is 2.26. The third-order valence-corrected chi connectivity index (χ3v) is 16.3. The second kappa shape index (κ2) is 8.81. The number of benzene rings is 1. The Morgan fingerprint density at radius 1 is 0.957 bits per heavy atom. The van der Waals surface area contributed by atoms with Gasteiger partial charge in [0.15, 0.2) is 0 Å². The zero-order chi connectivity index (χ0) is 15.3. The Labute approximate surface area is 151 Å². The zero-order valence-electron chi connectivity index (χ0n) is 13.7. The summed E-state index contributed by atoms with van der Waals surface area (Å²) in [6.07, 6.45) is 21.1. The molecule has 23 heavy (non-hydrogen) atoms. The molecule has 0 aromatic heterocycles. The maximum absolute atomic E-state index is 2.87. The number of hydrogen-bond acceptors (Lipinski definition) is 0. The van der Waals surface area contributed by atoms with Crippen LogP contribution in [0.1, 0.15) is 32.6 Å². The van der Waals surface area contributed by atoms with Gasteiger partial charge in [-0.25, -0.2) is 0 Å². The van der Waals surface area contributed by atoms with Crippen LogP contribution in [0.4, 0.5) is 0 Å². The SMILES string of the molecule is CCCC=[CH][Zr]([C]1=CC=CC1)([C]1=CC=CC1)[c]1ccccc1.Cl. The standard InChI is InChI=1S/C6H5.2C5H5.C5H9.ClH.Zr/c1-2-4-6-5-3-1;2*1-2-4-5-3-1;1-3-5-4-2;;/h1-5H;2*1-3H,4H2;1,3H,4-5H2,2H3;1H;. The van der Waals surface area contributed by atoms with Gasteiger partial charge >= 0.3 is 139 Å². The summed E-state index contributed by atoms with van der Waals surface area (Å²) >= 11 is -2.87. The number of allylic oxidation sites excluding steroid dienone is 9. The Morgan fingerprint density at radius 3 is 2.04 bits per heavy atom. The second-order valence-electron chi connectivity index (χ2n) is 6.01. The van der Waals surface area contributed by atoms with Gasteiger partial charge in [0.25, 0.3) is 0 Å². The average molecular weight is 404 g/mol. The predicted molar refractivity (Wildman–Crippen MR) is 101 cm³/mol. The van der Waals surface area contributed by atoms with Gasteiger partial charge in [0.2, 0.25) is 0 Å². The van der Waals surface area contributed by atoms with Crippen LogP contribution in [0.25, 0.3) is 0 Å². The van der Waals surface area contributed by atoms with Crippen molar-refractivity contribution in [3.63, 3.8) is 0 Å². The van der Waals surface area contributed by atoms with Crippen LogP contribution in [0.5, 0.6) is 0 Å². The Balaban J connectivity index is 0.00000192. The van der Waals surface area contributed by atoms with Crippen molar-refractivity contribution in [1.82, 2.24) is 0 Å². The first-order valence-corrected chi connectivity index (χ1v) is 13.4. The Morgan fingerprint density at radius 2 is 1.57 bits per heavy atom. The summed E-state index contributed by atoms with van der Waals surface area (Å²) < 4.78 is 7.64. The van der Waals surface area contributed by atoms with Crippen molar-refractivity contribution in [3.8, 4) is 0 Å². The molecule has 0 aliphatic heterocycles. The predicted octanol–water partition coefficient (Wildman–Crippen LogP) is 5.89. The van der Waals surface area contributed by atoms with E-state index in [0.717, 1.165) is 12.8 Å². The summed E-state index contributed by atoms with van der Waals surface area (Å²) in [5, 5.41) is 0. The van der Waals surface area contributed by atoms with Crippen LogP contribution in [0.15, 0.2) is 83.2 Å². The molecule has 0 saturated heterocycles. The van der Waals surface area contributed by atoms with Crippen molar-refractivity contribution in [1.29, 1.82) is 0 Å². The Bertz CT molecular complexity index is 632. The van der Waals surface area contributed by atoms with Crippen molar-refractivity contribution < 1.29 is 20.3 Å². The number of rotatable bonds is 6. The first-order chi connectivity index (χ1) is 10.9. The molecule has 1 aromatic rings. The van der Waals surface area contributed by atoms with Crippen molar-refractivity contribution in [3.05, 3.63) is 83.2 Å². The van der Waals surface area contributed by atoms with E-state index in [1.165, 1.54) is 12.8 Å². The van der Waals surface area contributed by atoms with E-state index >= 15 is 0 Å². The van der Waals surface area contributed by atoms with Gasteiger partial charge in [-0.1, -0.05) is 0 Å². The molecule has 0 spiro atoms. The van der Waals surface area contributed by atoms with Gasteiger partial charge in [-0.2, -0.15) is 0 Å². The van der Waals surface area contributed by atoms with Crippen LogP contribution >= 0.6 is 12.4 Å². The molecule has 0 N–H and O–H groups in total. The van der Waals surface area contributed by atoms with Crippen molar-refractivity contribution in [2.75, 3.05) is 0 Å². The van der Waals surface area contributed by atoms with E-state index in [0.29, 0.717) is 0 Å². The molecule has 0 unspecified atom stereocenters. The molecule has 2 heteroatoms.